The largest absolute Gasteiger partial charge is 0.293 e. The topological polar surface area (TPSA) is 34.1 Å². The fourth-order valence-corrected chi connectivity index (χ4v) is 1.88. The van der Waals surface area contributed by atoms with Gasteiger partial charge in [-0.25, -0.2) is 0 Å². The Kier molecular flexibility index (Phi) is 3.89. The van der Waals surface area contributed by atoms with Crippen molar-refractivity contribution in [2.24, 2.45) is 0 Å². The third-order valence-corrected chi connectivity index (χ3v) is 2.67. The zero-order valence-electron chi connectivity index (χ0n) is 8.19. The first kappa shape index (κ1) is 11.0. The van der Waals surface area contributed by atoms with Crippen molar-refractivity contribution < 1.29 is 9.59 Å². The van der Waals surface area contributed by atoms with E-state index in [1.54, 1.807) is 19.1 Å². The van der Waals surface area contributed by atoms with Crippen molar-refractivity contribution in [1.29, 1.82) is 0 Å². The molecule has 0 fully saturated rings. The van der Waals surface area contributed by atoms with Gasteiger partial charge in [-0.1, -0.05) is 42.1 Å². The highest BCUT2D eigenvalue weighted by Crippen LogP contribution is 2.16. The Balaban J connectivity index is 2.71. The molecule has 3 heteroatoms. The van der Waals surface area contributed by atoms with Crippen molar-refractivity contribution in [3.05, 3.63) is 35.9 Å². The van der Waals surface area contributed by atoms with Crippen molar-refractivity contribution in [3.8, 4) is 0 Å². The van der Waals surface area contributed by atoms with Crippen molar-refractivity contribution in [2.45, 2.75) is 19.1 Å². The molecule has 1 atom stereocenters. The number of carbonyl (C=O) groups is 2. The van der Waals surface area contributed by atoms with Crippen LogP contribution in [0.5, 0.6) is 0 Å². The third kappa shape index (κ3) is 3.00. The zero-order valence-corrected chi connectivity index (χ0v) is 9.01. The maximum Gasteiger partial charge on any atom is 0.186 e. The van der Waals surface area contributed by atoms with Crippen LogP contribution in [0.4, 0.5) is 0 Å². The Morgan fingerprint density at radius 3 is 2.29 bits per heavy atom. The lowest BCUT2D eigenvalue weighted by Gasteiger charge is -2.06. The molecule has 0 aliphatic heterocycles. The third-order valence-electron chi connectivity index (χ3n) is 1.77. The molecule has 1 unspecified atom stereocenters. The molecule has 0 aliphatic carbocycles. The van der Waals surface area contributed by atoms with E-state index < -0.39 is 0 Å². The summed E-state index contributed by atoms with van der Waals surface area (Å²) in [5.41, 5.74) is 0.661. The summed E-state index contributed by atoms with van der Waals surface area (Å²) in [7, 11) is 0. The van der Waals surface area contributed by atoms with Crippen LogP contribution in [-0.2, 0) is 4.79 Å². The molecule has 74 valence electrons. The van der Waals surface area contributed by atoms with Gasteiger partial charge in [-0.05, 0) is 6.92 Å². The fourth-order valence-electron chi connectivity index (χ4n) is 1.14. The fraction of sp³-hybridized carbons (Fsp3) is 0.273. The van der Waals surface area contributed by atoms with Crippen molar-refractivity contribution in [2.75, 3.05) is 0 Å². The molecule has 1 aromatic carbocycles. The first-order chi connectivity index (χ1) is 6.61. The second-order valence-electron chi connectivity index (χ2n) is 2.98. The van der Waals surface area contributed by atoms with E-state index in [1.165, 1.54) is 6.92 Å². The van der Waals surface area contributed by atoms with E-state index in [4.69, 9.17) is 0 Å². The molecule has 1 rings (SSSR count). The van der Waals surface area contributed by atoms with Crippen LogP contribution in [0.1, 0.15) is 24.2 Å². The van der Waals surface area contributed by atoms with E-state index >= 15 is 0 Å². The van der Waals surface area contributed by atoms with Crippen LogP contribution < -0.4 is 0 Å². The molecule has 0 aromatic heterocycles. The van der Waals surface area contributed by atoms with E-state index in [9.17, 15) is 9.59 Å². The lowest BCUT2D eigenvalue weighted by atomic mass is 10.1. The van der Waals surface area contributed by atoms with Crippen LogP contribution in [0.25, 0.3) is 0 Å². The highest BCUT2D eigenvalue weighted by Gasteiger charge is 2.16. The summed E-state index contributed by atoms with van der Waals surface area (Å²) in [5, 5.41) is -0.323. The number of benzene rings is 1. The molecular weight excluding hydrogens is 196 g/mol. The Morgan fingerprint density at radius 1 is 1.21 bits per heavy atom. The smallest absolute Gasteiger partial charge is 0.186 e. The van der Waals surface area contributed by atoms with Crippen LogP contribution >= 0.6 is 11.8 Å². The molecule has 0 aliphatic rings. The minimum Gasteiger partial charge on any atom is -0.293 e. The Hall–Kier alpha value is -1.09. The van der Waals surface area contributed by atoms with Gasteiger partial charge >= 0.3 is 0 Å². The molecule has 0 spiro atoms. The number of Topliss-reactive ketones (excluding diaryl/α,β-unsaturated/α-hetero) is 1. The van der Waals surface area contributed by atoms with Gasteiger partial charge in [0.05, 0.1) is 5.25 Å². The molecule has 0 radical (unpaired) electrons. The number of carbonyl (C=O) groups excluding carboxylic acids is 2. The van der Waals surface area contributed by atoms with Gasteiger partial charge in [-0.2, -0.15) is 0 Å². The minimum atomic E-state index is -0.296. The van der Waals surface area contributed by atoms with Gasteiger partial charge in [0, 0.05) is 12.5 Å². The van der Waals surface area contributed by atoms with Gasteiger partial charge in [-0.15, -0.1) is 0 Å². The predicted octanol–water partition coefficient (Wildman–Crippen LogP) is 2.54. The summed E-state index contributed by atoms with van der Waals surface area (Å²) in [6.07, 6.45) is 0. The Labute approximate surface area is 87.7 Å². The first-order valence-electron chi connectivity index (χ1n) is 4.37. The van der Waals surface area contributed by atoms with Crippen LogP contribution in [0.3, 0.4) is 0 Å². The van der Waals surface area contributed by atoms with Crippen molar-refractivity contribution in [3.63, 3.8) is 0 Å². The molecule has 0 amide bonds. The van der Waals surface area contributed by atoms with Gasteiger partial charge in [-0.3, -0.25) is 9.59 Å². The SMILES string of the molecule is CC(=O)SC(C)C(=O)c1ccccc1. The normalized spacial score (nSPS) is 12.1. The second kappa shape index (κ2) is 4.96. The number of rotatable bonds is 3. The van der Waals surface area contributed by atoms with Crippen LogP contribution in [0.15, 0.2) is 30.3 Å². The number of hydrogen-bond acceptors (Lipinski definition) is 3. The van der Waals surface area contributed by atoms with E-state index in [1.807, 2.05) is 18.2 Å². The molecule has 2 nitrogen and oxygen atoms in total. The molecule has 0 N–H and O–H groups in total. The monoisotopic (exact) mass is 208 g/mol. The molecule has 0 saturated heterocycles. The van der Waals surface area contributed by atoms with E-state index in [-0.39, 0.29) is 16.1 Å². The summed E-state index contributed by atoms with van der Waals surface area (Å²) >= 11 is 1.07. The maximum atomic E-state index is 11.7. The quantitative estimate of drug-likeness (QED) is 0.716. The van der Waals surface area contributed by atoms with E-state index in [0.717, 1.165) is 11.8 Å². The van der Waals surface area contributed by atoms with E-state index in [0.29, 0.717) is 5.56 Å². The second-order valence-corrected chi connectivity index (χ2v) is 4.50. The highest BCUT2D eigenvalue weighted by atomic mass is 32.2. The highest BCUT2D eigenvalue weighted by molar-refractivity contribution is 8.14. The Morgan fingerprint density at radius 2 is 1.79 bits per heavy atom. The average molecular weight is 208 g/mol. The summed E-state index contributed by atoms with van der Waals surface area (Å²) in [6, 6.07) is 9.02. The van der Waals surface area contributed by atoms with E-state index in [2.05, 4.69) is 0 Å². The summed E-state index contributed by atoms with van der Waals surface area (Å²) in [6.45, 7) is 3.22. The van der Waals surface area contributed by atoms with Crippen molar-refractivity contribution >= 4 is 22.7 Å². The number of ketones is 1. The Bertz CT molecular complexity index is 332. The van der Waals surface area contributed by atoms with Gasteiger partial charge < -0.3 is 0 Å². The molecule has 14 heavy (non-hydrogen) atoms. The van der Waals surface area contributed by atoms with Crippen molar-refractivity contribution in [1.82, 2.24) is 0 Å². The van der Waals surface area contributed by atoms with Gasteiger partial charge in [0.15, 0.2) is 10.9 Å². The minimum absolute atomic E-state index is 0.00537. The lowest BCUT2D eigenvalue weighted by molar-refractivity contribution is -0.109. The summed E-state index contributed by atoms with van der Waals surface area (Å²) in [4.78, 5) is 22.5. The predicted molar refractivity (Wildman–Crippen MR) is 58.5 cm³/mol. The molecule has 0 saturated carbocycles. The molecule has 1 aromatic rings. The first-order valence-corrected chi connectivity index (χ1v) is 5.25. The van der Waals surface area contributed by atoms with Crippen LogP contribution in [0.2, 0.25) is 0 Å². The van der Waals surface area contributed by atoms with Gasteiger partial charge in [0.1, 0.15) is 0 Å². The van der Waals surface area contributed by atoms with Gasteiger partial charge in [0.25, 0.3) is 0 Å². The number of hydrogen-bond donors (Lipinski definition) is 0. The maximum absolute atomic E-state index is 11.7. The zero-order chi connectivity index (χ0) is 10.6. The van der Waals surface area contributed by atoms with Crippen LogP contribution in [0, 0.1) is 0 Å². The standard InChI is InChI=1S/C11H12O2S/c1-8(14-9(2)12)11(13)10-6-4-3-5-7-10/h3-8H,1-2H3. The molecule has 0 bridgehead atoms. The molecule has 0 heterocycles. The average Bonchev–Trinajstić information content (AvgIpc) is 2.17. The molecular formula is C11H12O2S. The summed E-state index contributed by atoms with van der Waals surface area (Å²) < 4.78 is 0. The lowest BCUT2D eigenvalue weighted by Crippen LogP contribution is -2.14. The number of thioether (sulfide) groups is 1. The summed E-state index contributed by atoms with van der Waals surface area (Å²) in [5.74, 6) is 0.00537. The van der Waals surface area contributed by atoms with Crippen LogP contribution in [-0.4, -0.2) is 16.1 Å². The van der Waals surface area contributed by atoms with Gasteiger partial charge in [0.2, 0.25) is 0 Å².